The van der Waals surface area contributed by atoms with Gasteiger partial charge in [-0.05, 0) is 48.6 Å². The minimum absolute atomic E-state index is 0.00310. The predicted octanol–water partition coefficient (Wildman–Crippen LogP) is 3.85. The monoisotopic (exact) mass is 438 g/mol. The average molecular weight is 439 g/mol. The summed E-state index contributed by atoms with van der Waals surface area (Å²) in [6, 6.07) is 15.5. The smallest absolute Gasteiger partial charge is 0.321 e. The summed E-state index contributed by atoms with van der Waals surface area (Å²) in [6.07, 6.45) is 4.40. The Hall–Kier alpha value is -2.93. The van der Waals surface area contributed by atoms with Crippen LogP contribution in [0.3, 0.4) is 0 Å². The lowest BCUT2D eigenvalue weighted by Gasteiger charge is -2.40. The standard InChI is InChI=1S/C25H31FN4O2/c26-21-10-6-7-19(17-21)18-27-24(31)23(20-8-4-5-9-20)29-13-15-30(16-14-29)25(32)28-22-11-2-1-3-12-22/h1-3,6-7,10-12,17,20,23H,4-5,8-9,13-16,18H2,(H,27,31)(H,28,32)/t23-/m0/s1. The van der Waals surface area contributed by atoms with Crippen LogP contribution in [-0.2, 0) is 11.3 Å². The molecule has 1 aliphatic heterocycles. The van der Waals surface area contributed by atoms with Crippen molar-refractivity contribution in [1.82, 2.24) is 15.1 Å². The Labute approximate surface area is 188 Å². The quantitative estimate of drug-likeness (QED) is 0.720. The first-order valence-electron chi connectivity index (χ1n) is 11.5. The van der Waals surface area contributed by atoms with Gasteiger partial charge < -0.3 is 15.5 Å². The number of para-hydroxylation sites is 1. The zero-order chi connectivity index (χ0) is 22.3. The molecule has 1 aliphatic carbocycles. The van der Waals surface area contributed by atoms with Crippen LogP contribution in [0, 0.1) is 11.7 Å². The van der Waals surface area contributed by atoms with E-state index in [4.69, 9.17) is 0 Å². The third-order valence-corrected chi connectivity index (χ3v) is 6.49. The van der Waals surface area contributed by atoms with Gasteiger partial charge >= 0.3 is 6.03 Å². The second-order valence-electron chi connectivity index (χ2n) is 8.66. The SMILES string of the molecule is O=C(NCc1cccc(F)c1)[C@H](C1CCCC1)N1CCN(C(=O)Nc2ccccc2)CC1. The minimum Gasteiger partial charge on any atom is -0.351 e. The molecule has 32 heavy (non-hydrogen) atoms. The van der Waals surface area contributed by atoms with E-state index in [1.54, 1.807) is 11.0 Å². The highest BCUT2D eigenvalue weighted by Crippen LogP contribution is 2.31. The first kappa shape index (κ1) is 22.3. The first-order chi connectivity index (χ1) is 15.6. The van der Waals surface area contributed by atoms with E-state index >= 15 is 0 Å². The zero-order valence-corrected chi connectivity index (χ0v) is 18.3. The molecule has 7 heteroatoms. The lowest BCUT2D eigenvalue weighted by Crippen LogP contribution is -2.58. The summed E-state index contributed by atoms with van der Waals surface area (Å²) in [5.74, 6) is 0.0320. The fourth-order valence-electron chi connectivity index (χ4n) is 4.82. The number of halogens is 1. The Kier molecular flexibility index (Phi) is 7.37. The molecule has 0 spiro atoms. The molecular weight excluding hydrogens is 407 g/mol. The van der Waals surface area contributed by atoms with Gasteiger partial charge in [0, 0.05) is 38.4 Å². The Morgan fingerprint density at radius 2 is 1.69 bits per heavy atom. The highest BCUT2D eigenvalue weighted by Gasteiger charge is 2.37. The van der Waals surface area contributed by atoms with Crippen molar-refractivity contribution in [2.24, 2.45) is 5.92 Å². The van der Waals surface area contributed by atoms with Crippen molar-refractivity contribution in [2.75, 3.05) is 31.5 Å². The summed E-state index contributed by atoms with van der Waals surface area (Å²) in [5.41, 5.74) is 1.53. The zero-order valence-electron chi connectivity index (χ0n) is 18.3. The van der Waals surface area contributed by atoms with E-state index in [-0.39, 0.29) is 23.8 Å². The largest absolute Gasteiger partial charge is 0.351 e. The molecule has 2 fully saturated rings. The van der Waals surface area contributed by atoms with E-state index in [0.717, 1.165) is 36.9 Å². The number of hydrogen-bond acceptors (Lipinski definition) is 3. The minimum atomic E-state index is -0.297. The van der Waals surface area contributed by atoms with Crippen LogP contribution in [0.5, 0.6) is 0 Å². The Morgan fingerprint density at radius 1 is 0.969 bits per heavy atom. The second-order valence-corrected chi connectivity index (χ2v) is 8.66. The molecule has 1 heterocycles. The van der Waals surface area contributed by atoms with E-state index in [9.17, 15) is 14.0 Å². The molecule has 1 saturated carbocycles. The van der Waals surface area contributed by atoms with Gasteiger partial charge in [-0.15, -0.1) is 0 Å². The van der Waals surface area contributed by atoms with Crippen LogP contribution in [-0.4, -0.2) is 54.0 Å². The fraction of sp³-hybridized carbons (Fsp3) is 0.440. The molecule has 0 radical (unpaired) electrons. The van der Waals surface area contributed by atoms with Crippen molar-refractivity contribution >= 4 is 17.6 Å². The number of piperazine rings is 1. The molecule has 170 valence electrons. The normalized spacial score (nSPS) is 18.3. The topological polar surface area (TPSA) is 64.7 Å². The molecule has 2 aliphatic rings. The van der Waals surface area contributed by atoms with Crippen molar-refractivity contribution in [3.8, 4) is 0 Å². The average Bonchev–Trinajstić information content (AvgIpc) is 3.33. The summed E-state index contributed by atoms with van der Waals surface area (Å²) in [6.45, 7) is 2.81. The van der Waals surface area contributed by atoms with Crippen LogP contribution in [0.15, 0.2) is 54.6 Å². The first-order valence-corrected chi connectivity index (χ1v) is 11.5. The lowest BCUT2D eigenvalue weighted by molar-refractivity contribution is -0.129. The van der Waals surface area contributed by atoms with Gasteiger partial charge in [0.15, 0.2) is 0 Å². The molecule has 1 saturated heterocycles. The number of amides is 3. The molecule has 2 aromatic carbocycles. The van der Waals surface area contributed by atoms with E-state index in [0.29, 0.717) is 38.6 Å². The summed E-state index contributed by atoms with van der Waals surface area (Å²) >= 11 is 0. The number of anilines is 1. The molecule has 3 amide bonds. The van der Waals surface area contributed by atoms with Crippen LogP contribution in [0.25, 0.3) is 0 Å². The van der Waals surface area contributed by atoms with E-state index < -0.39 is 0 Å². The van der Waals surface area contributed by atoms with Crippen LogP contribution in [0.4, 0.5) is 14.9 Å². The number of nitrogens with one attached hydrogen (secondary N) is 2. The van der Waals surface area contributed by atoms with Gasteiger partial charge in [-0.1, -0.05) is 43.2 Å². The molecule has 4 rings (SSSR count). The number of urea groups is 1. The molecular formula is C25H31FN4O2. The Bertz CT molecular complexity index is 909. The van der Waals surface area contributed by atoms with E-state index in [2.05, 4.69) is 15.5 Å². The van der Waals surface area contributed by atoms with Crippen molar-refractivity contribution in [3.05, 3.63) is 66.0 Å². The third-order valence-electron chi connectivity index (χ3n) is 6.49. The van der Waals surface area contributed by atoms with Gasteiger partial charge in [0.05, 0.1) is 6.04 Å². The highest BCUT2D eigenvalue weighted by atomic mass is 19.1. The Balaban J connectivity index is 1.35. The predicted molar refractivity (Wildman–Crippen MR) is 123 cm³/mol. The number of carbonyl (C=O) groups excluding carboxylic acids is 2. The van der Waals surface area contributed by atoms with Crippen LogP contribution < -0.4 is 10.6 Å². The van der Waals surface area contributed by atoms with Crippen molar-refractivity contribution < 1.29 is 14.0 Å². The van der Waals surface area contributed by atoms with Crippen molar-refractivity contribution in [2.45, 2.75) is 38.3 Å². The van der Waals surface area contributed by atoms with Crippen LogP contribution >= 0.6 is 0 Å². The maximum atomic E-state index is 13.5. The number of hydrogen-bond donors (Lipinski definition) is 2. The lowest BCUT2D eigenvalue weighted by atomic mass is 9.95. The summed E-state index contributed by atoms with van der Waals surface area (Å²) < 4.78 is 13.5. The van der Waals surface area contributed by atoms with Gasteiger partial charge in [-0.2, -0.15) is 0 Å². The van der Waals surface area contributed by atoms with Crippen molar-refractivity contribution in [3.63, 3.8) is 0 Å². The number of nitrogens with zero attached hydrogens (tertiary/aromatic N) is 2. The molecule has 2 aromatic rings. The highest BCUT2D eigenvalue weighted by molar-refractivity contribution is 5.89. The number of benzene rings is 2. The number of carbonyl (C=O) groups is 2. The van der Waals surface area contributed by atoms with Crippen LogP contribution in [0.1, 0.15) is 31.2 Å². The second kappa shape index (κ2) is 10.6. The third kappa shape index (κ3) is 5.65. The van der Waals surface area contributed by atoms with Gasteiger partial charge in [0.25, 0.3) is 0 Å². The van der Waals surface area contributed by atoms with Crippen molar-refractivity contribution in [1.29, 1.82) is 0 Å². The summed E-state index contributed by atoms with van der Waals surface area (Å²) in [5, 5.41) is 5.96. The summed E-state index contributed by atoms with van der Waals surface area (Å²) in [4.78, 5) is 29.8. The van der Waals surface area contributed by atoms with Gasteiger partial charge in [0.2, 0.25) is 5.91 Å². The van der Waals surface area contributed by atoms with Gasteiger partial charge in [-0.25, -0.2) is 9.18 Å². The number of rotatable bonds is 6. The fourth-order valence-corrected chi connectivity index (χ4v) is 4.82. The van der Waals surface area contributed by atoms with E-state index in [1.807, 2.05) is 36.4 Å². The molecule has 6 nitrogen and oxygen atoms in total. The van der Waals surface area contributed by atoms with Gasteiger partial charge in [-0.3, -0.25) is 9.69 Å². The molecule has 2 N–H and O–H groups in total. The van der Waals surface area contributed by atoms with Gasteiger partial charge in [0.1, 0.15) is 5.82 Å². The van der Waals surface area contributed by atoms with E-state index in [1.165, 1.54) is 12.1 Å². The molecule has 0 bridgehead atoms. The maximum absolute atomic E-state index is 13.5. The molecule has 0 unspecified atom stereocenters. The van der Waals surface area contributed by atoms with Crippen LogP contribution in [0.2, 0.25) is 0 Å². The maximum Gasteiger partial charge on any atom is 0.321 e. The Morgan fingerprint density at radius 3 is 2.38 bits per heavy atom. The molecule has 1 atom stereocenters. The molecule has 0 aromatic heterocycles. The summed E-state index contributed by atoms with van der Waals surface area (Å²) in [7, 11) is 0.